The van der Waals surface area contributed by atoms with Gasteiger partial charge in [0.05, 0.1) is 23.9 Å². The van der Waals surface area contributed by atoms with E-state index in [0.29, 0.717) is 0 Å². The van der Waals surface area contributed by atoms with Gasteiger partial charge in [0.25, 0.3) is 0 Å². The molecule has 2 aliphatic heterocycles. The summed E-state index contributed by atoms with van der Waals surface area (Å²) >= 11 is 0. The van der Waals surface area contributed by atoms with Crippen LogP contribution in [0.15, 0.2) is 91.0 Å². The minimum atomic E-state index is -0.527. The average Bonchev–Trinajstić information content (AvgIpc) is 3.25. The van der Waals surface area contributed by atoms with Gasteiger partial charge < -0.3 is 9.64 Å². The largest absolute Gasteiger partial charge is 0.393 e. The molecule has 138 valence electrons. The van der Waals surface area contributed by atoms with Gasteiger partial charge >= 0.3 is 11.9 Å². The third kappa shape index (κ3) is 2.53. The molecule has 0 amide bonds. The third-order valence-electron chi connectivity index (χ3n) is 5.75. The monoisotopic (exact) mass is 369 g/mol. The number of nitrogens with zero attached hydrogens (tertiary/aromatic N) is 1. The first-order valence-electron chi connectivity index (χ1n) is 9.44. The lowest BCUT2D eigenvalue weighted by atomic mass is 9.84. The molecule has 3 aromatic carbocycles. The van der Waals surface area contributed by atoms with Gasteiger partial charge in [0.2, 0.25) is 0 Å². The number of anilines is 1. The Balaban J connectivity index is 1.74. The van der Waals surface area contributed by atoms with E-state index in [1.54, 1.807) is 0 Å². The number of ether oxygens (including phenoxy) is 1. The predicted molar refractivity (Wildman–Crippen MR) is 105 cm³/mol. The molecule has 2 heterocycles. The number of esters is 2. The summed E-state index contributed by atoms with van der Waals surface area (Å²) in [6.07, 6.45) is 0. The van der Waals surface area contributed by atoms with Crippen LogP contribution in [0.25, 0.3) is 0 Å². The lowest BCUT2D eigenvalue weighted by molar-refractivity contribution is -0.154. The topological polar surface area (TPSA) is 46.6 Å². The molecule has 0 aliphatic carbocycles. The molecule has 0 saturated carbocycles. The van der Waals surface area contributed by atoms with Gasteiger partial charge in [0.1, 0.15) is 0 Å². The van der Waals surface area contributed by atoms with Gasteiger partial charge in [0.15, 0.2) is 0 Å². The first-order valence-corrected chi connectivity index (χ1v) is 9.44. The maximum absolute atomic E-state index is 12.7. The van der Waals surface area contributed by atoms with E-state index < -0.39 is 23.8 Å². The van der Waals surface area contributed by atoms with Crippen molar-refractivity contribution < 1.29 is 14.3 Å². The molecular weight excluding hydrogens is 350 g/mol. The van der Waals surface area contributed by atoms with Crippen molar-refractivity contribution >= 4 is 17.6 Å². The summed E-state index contributed by atoms with van der Waals surface area (Å²) in [6.45, 7) is 0. The zero-order valence-corrected chi connectivity index (χ0v) is 15.1. The summed E-state index contributed by atoms with van der Waals surface area (Å²) in [5.41, 5.74) is 3.00. The van der Waals surface area contributed by atoms with Crippen LogP contribution in [0, 0.1) is 11.8 Å². The van der Waals surface area contributed by atoms with Gasteiger partial charge in [-0.25, -0.2) is 0 Å². The Hall–Kier alpha value is -3.40. The maximum atomic E-state index is 12.7. The summed E-state index contributed by atoms with van der Waals surface area (Å²) < 4.78 is 5.11. The Kier molecular flexibility index (Phi) is 3.97. The van der Waals surface area contributed by atoms with Gasteiger partial charge in [-0.05, 0) is 23.3 Å². The smallest absolute Gasteiger partial charge is 0.320 e. The fraction of sp³-hybridized carbons (Fsp3) is 0.167. The molecule has 28 heavy (non-hydrogen) atoms. The van der Waals surface area contributed by atoms with Crippen LogP contribution in [0.1, 0.15) is 23.2 Å². The first kappa shape index (κ1) is 16.8. The highest BCUT2D eigenvalue weighted by Crippen LogP contribution is 2.56. The molecule has 4 unspecified atom stereocenters. The van der Waals surface area contributed by atoms with Crippen molar-refractivity contribution in [3.05, 3.63) is 102 Å². The number of benzene rings is 3. The summed E-state index contributed by atoms with van der Waals surface area (Å²) in [6, 6.07) is 29.3. The Morgan fingerprint density at radius 1 is 0.571 bits per heavy atom. The molecular formula is C24H19NO3. The third-order valence-corrected chi connectivity index (χ3v) is 5.75. The van der Waals surface area contributed by atoms with Crippen LogP contribution in [-0.4, -0.2) is 11.9 Å². The Bertz CT molecular complexity index is 940. The van der Waals surface area contributed by atoms with Gasteiger partial charge in [0, 0.05) is 5.69 Å². The van der Waals surface area contributed by atoms with Crippen molar-refractivity contribution in [1.29, 1.82) is 0 Å². The summed E-state index contributed by atoms with van der Waals surface area (Å²) in [5, 5.41) is 0. The van der Waals surface area contributed by atoms with Crippen LogP contribution >= 0.6 is 0 Å². The van der Waals surface area contributed by atoms with Crippen molar-refractivity contribution in [2.75, 3.05) is 4.90 Å². The number of para-hydroxylation sites is 1. The molecule has 5 rings (SSSR count). The molecule has 4 nitrogen and oxygen atoms in total. The molecule has 0 bridgehead atoms. The van der Waals surface area contributed by atoms with Crippen LogP contribution in [0.3, 0.4) is 0 Å². The van der Waals surface area contributed by atoms with Gasteiger partial charge in [-0.15, -0.1) is 0 Å². The van der Waals surface area contributed by atoms with E-state index in [9.17, 15) is 9.59 Å². The highest BCUT2D eigenvalue weighted by Gasteiger charge is 2.61. The van der Waals surface area contributed by atoms with E-state index in [4.69, 9.17) is 4.74 Å². The fourth-order valence-corrected chi connectivity index (χ4v) is 4.66. The summed E-state index contributed by atoms with van der Waals surface area (Å²) in [5.74, 6) is -1.91. The minimum absolute atomic E-state index is 0.266. The number of hydrogen-bond acceptors (Lipinski definition) is 4. The zero-order chi connectivity index (χ0) is 19.1. The van der Waals surface area contributed by atoms with Crippen LogP contribution < -0.4 is 4.90 Å². The molecule has 0 aromatic heterocycles. The van der Waals surface area contributed by atoms with E-state index in [2.05, 4.69) is 4.90 Å². The van der Waals surface area contributed by atoms with Gasteiger partial charge in [-0.1, -0.05) is 78.9 Å². The normalized spacial score (nSPS) is 26.2. The summed E-state index contributed by atoms with van der Waals surface area (Å²) in [4.78, 5) is 27.7. The van der Waals surface area contributed by atoms with Crippen LogP contribution in [0.4, 0.5) is 5.69 Å². The molecule has 2 saturated heterocycles. The fourth-order valence-electron chi connectivity index (χ4n) is 4.66. The van der Waals surface area contributed by atoms with Crippen molar-refractivity contribution in [1.82, 2.24) is 0 Å². The Morgan fingerprint density at radius 2 is 0.964 bits per heavy atom. The lowest BCUT2D eigenvalue weighted by Crippen LogP contribution is -2.31. The first-order chi connectivity index (χ1) is 13.8. The number of cyclic esters (lactones) is 2. The van der Waals surface area contributed by atoms with Crippen LogP contribution in [-0.2, 0) is 14.3 Å². The second-order valence-electron chi connectivity index (χ2n) is 7.25. The van der Waals surface area contributed by atoms with E-state index in [-0.39, 0.29) is 12.1 Å². The zero-order valence-electron chi connectivity index (χ0n) is 15.1. The van der Waals surface area contributed by atoms with Crippen LogP contribution in [0.2, 0.25) is 0 Å². The van der Waals surface area contributed by atoms with E-state index in [1.807, 2.05) is 91.0 Å². The van der Waals surface area contributed by atoms with E-state index >= 15 is 0 Å². The molecule has 3 aromatic rings. The van der Waals surface area contributed by atoms with Crippen molar-refractivity contribution in [3.8, 4) is 0 Å². The van der Waals surface area contributed by atoms with Crippen molar-refractivity contribution in [2.45, 2.75) is 12.1 Å². The number of carbonyl (C=O) groups is 2. The summed E-state index contributed by atoms with van der Waals surface area (Å²) in [7, 11) is 0. The quantitative estimate of drug-likeness (QED) is 0.510. The van der Waals surface area contributed by atoms with E-state index in [1.165, 1.54) is 0 Å². The number of carbonyl (C=O) groups excluding carboxylic acids is 2. The standard InChI is InChI=1S/C24H19NO3/c26-23-19-20(24(27)28-23)22(17-12-6-2-7-13-17)25(18-14-8-3-9-15-18)21(19)16-10-4-1-5-11-16/h1-15,19-22H. The molecule has 0 N–H and O–H groups in total. The van der Waals surface area contributed by atoms with Crippen LogP contribution in [0.5, 0.6) is 0 Å². The predicted octanol–water partition coefficient (Wildman–Crippen LogP) is 4.31. The number of hydrogen-bond donors (Lipinski definition) is 0. The molecule has 2 fully saturated rings. The van der Waals surface area contributed by atoms with E-state index in [0.717, 1.165) is 16.8 Å². The highest BCUT2D eigenvalue weighted by atomic mass is 16.6. The number of fused-ring (bicyclic) bond motifs is 1. The Morgan fingerprint density at radius 3 is 1.39 bits per heavy atom. The lowest BCUT2D eigenvalue weighted by Gasteiger charge is -2.34. The van der Waals surface area contributed by atoms with Crippen molar-refractivity contribution in [3.63, 3.8) is 0 Å². The minimum Gasteiger partial charge on any atom is -0.393 e. The molecule has 4 atom stereocenters. The average molecular weight is 369 g/mol. The van der Waals surface area contributed by atoms with Gasteiger partial charge in [-0.2, -0.15) is 0 Å². The molecule has 0 spiro atoms. The van der Waals surface area contributed by atoms with Gasteiger partial charge in [-0.3, -0.25) is 9.59 Å². The molecule has 0 radical (unpaired) electrons. The molecule has 4 heteroatoms. The second-order valence-corrected chi connectivity index (χ2v) is 7.25. The second kappa shape index (κ2) is 6.64. The Labute approximate surface area is 163 Å². The maximum Gasteiger partial charge on any atom is 0.320 e. The molecule has 2 aliphatic rings. The van der Waals surface area contributed by atoms with Crippen molar-refractivity contribution in [2.24, 2.45) is 11.8 Å². The number of rotatable bonds is 3. The highest BCUT2D eigenvalue weighted by molar-refractivity contribution is 5.99. The SMILES string of the molecule is O=C1OC(=O)C2C1C(c1ccccc1)N(c1ccccc1)C2c1ccccc1.